The molecule has 2 heterocycles. The molecule has 1 saturated heterocycles. The van der Waals surface area contributed by atoms with E-state index in [4.69, 9.17) is 0 Å². The van der Waals surface area contributed by atoms with Crippen molar-refractivity contribution in [2.24, 2.45) is 5.92 Å². The van der Waals surface area contributed by atoms with Crippen LogP contribution in [0.25, 0.3) is 0 Å². The molecule has 0 amide bonds. The first-order valence-corrected chi connectivity index (χ1v) is 7.56. The molecular weight excluding hydrogens is 238 g/mol. The highest BCUT2D eigenvalue weighted by Gasteiger charge is 2.37. The summed E-state index contributed by atoms with van der Waals surface area (Å²) in [4.78, 5) is 14.5. The Morgan fingerprint density at radius 1 is 1.37 bits per heavy atom. The minimum absolute atomic E-state index is 0.309. The zero-order chi connectivity index (χ0) is 13.2. The molecule has 2 fully saturated rings. The molecule has 0 N–H and O–H groups in total. The van der Waals surface area contributed by atoms with Gasteiger partial charge in [-0.1, -0.05) is 0 Å². The largest absolute Gasteiger partial charge is 0.299 e. The van der Waals surface area contributed by atoms with Crippen LogP contribution >= 0.6 is 0 Å². The standard InChI is InChI=1S/C15H23N3O/c1-2-18-11-12(9-16-18)10-17-8-4-6-14(17)13-5-3-7-15(13)19/h9,11,13-14H,2-8,10H2,1H3. The van der Waals surface area contributed by atoms with Crippen LogP contribution in [0.1, 0.15) is 44.6 Å². The number of rotatable bonds is 4. The SMILES string of the molecule is CCn1cc(CN2CCCC2C2CCCC2=O)cn1. The van der Waals surface area contributed by atoms with Gasteiger partial charge in [0.05, 0.1) is 6.20 Å². The molecule has 0 aromatic carbocycles. The van der Waals surface area contributed by atoms with Crippen molar-refractivity contribution in [3.05, 3.63) is 18.0 Å². The van der Waals surface area contributed by atoms with Crippen LogP contribution in [0.2, 0.25) is 0 Å². The first-order chi connectivity index (χ1) is 9.28. The molecule has 4 heteroatoms. The minimum atomic E-state index is 0.309. The fourth-order valence-electron chi connectivity index (χ4n) is 3.65. The number of carbonyl (C=O) groups excluding carboxylic acids is 1. The third kappa shape index (κ3) is 2.59. The number of hydrogen-bond acceptors (Lipinski definition) is 3. The maximum atomic E-state index is 12.0. The highest BCUT2D eigenvalue weighted by Crippen LogP contribution is 2.33. The Kier molecular flexibility index (Phi) is 3.69. The first-order valence-electron chi connectivity index (χ1n) is 7.56. The molecule has 4 nitrogen and oxygen atoms in total. The quantitative estimate of drug-likeness (QED) is 0.834. The lowest BCUT2D eigenvalue weighted by molar-refractivity contribution is -0.122. The van der Waals surface area contributed by atoms with Crippen LogP contribution in [0, 0.1) is 5.92 Å². The fraction of sp³-hybridized carbons (Fsp3) is 0.733. The predicted molar refractivity (Wildman–Crippen MR) is 73.7 cm³/mol. The molecule has 1 saturated carbocycles. The van der Waals surface area contributed by atoms with Gasteiger partial charge < -0.3 is 0 Å². The lowest BCUT2D eigenvalue weighted by Crippen LogP contribution is -2.36. The van der Waals surface area contributed by atoms with Crippen LogP contribution in [0.5, 0.6) is 0 Å². The molecule has 0 radical (unpaired) electrons. The highest BCUT2D eigenvalue weighted by molar-refractivity contribution is 5.83. The molecule has 3 rings (SSSR count). The number of ketones is 1. The second kappa shape index (κ2) is 5.45. The van der Waals surface area contributed by atoms with Gasteiger partial charge >= 0.3 is 0 Å². The first kappa shape index (κ1) is 12.9. The van der Waals surface area contributed by atoms with Crippen LogP contribution in [0.3, 0.4) is 0 Å². The fourth-order valence-corrected chi connectivity index (χ4v) is 3.65. The molecule has 2 atom stereocenters. The van der Waals surface area contributed by atoms with Crippen LogP contribution < -0.4 is 0 Å². The number of carbonyl (C=O) groups is 1. The van der Waals surface area contributed by atoms with E-state index in [1.54, 1.807) is 0 Å². The van der Waals surface area contributed by atoms with Crippen molar-refractivity contribution in [3.8, 4) is 0 Å². The monoisotopic (exact) mass is 261 g/mol. The summed E-state index contributed by atoms with van der Waals surface area (Å²) in [5, 5.41) is 4.34. The predicted octanol–water partition coefficient (Wildman–Crippen LogP) is 2.24. The van der Waals surface area contributed by atoms with Gasteiger partial charge in [0.2, 0.25) is 0 Å². The van der Waals surface area contributed by atoms with Gasteiger partial charge in [-0.25, -0.2) is 0 Å². The molecule has 19 heavy (non-hydrogen) atoms. The van der Waals surface area contributed by atoms with Crippen molar-refractivity contribution in [2.75, 3.05) is 6.54 Å². The number of aromatic nitrogens is 2. The maximum absolute atomic E-state index is 12.0. The summed E-state index contributed by atoms with van der Waals surface area (Å²) in [6.45, 7) is 5.11. The zero-order valence-electron chi connectivity index (χ0n) is 11.7. The molecule has 2 aliphatic rings. The second-order valence-corrected chi connectivity index (χ2v) is 5.85. The molecule has 0 spiro atoms. The van der Waals surface area contributed by atoms with Crippen molar-refractivity contribution in [3.63, 3.8) is 0 Å². The summed E-state index contributed by atoms with van der Waals surface area (Å²) in [6.07, 6.45) is 9.54. The normalized spacial score (nSPS) is 28.4. The number of nitrogens with zero attached hydrogens (tertiary/aromatic N) is 3. The van der Waals surface area contributed by atoms with E-state index in [0.717, 1.165) is 38.9 Å². The molecule has 1 aliphatic carbocycles. The van der Waals surface area contributed by atoms with Gasteiger partial charge in [0, 0.05) is 43.2 Å². The molecule has 1 aromatic heterocycles. The lowest BCUT2D eigenvalue weighted by Gasteiger charge is -2.28. The van der Waals surface area contributed by atoms with Crippen LogP contribution in [-0.2, 0) is 17.9 Å². The Labute approximate surface area is 114 Å². The summed E-state index contributed by atoms with van der Waals surface area (Å²) < 4.78 is 1.97. The Morgan fingerprint density at radius 3 is 2.95 bits per heavy atom. The van der Waals surface area contributed by atoms with E-state index >= 15 is 0 Å². The third-order valence-electron chi connectivity index (χ3n) is 4.63. The van der Waals surface area contributed by atoms with Gasteiger partial charge in [0.1, 0.15) is 5.78 Å². The minimum Gasteiger partial charge on any atom is -0.299 e. The Bertz CT molecular complexity index is 454. The van der Waals surface area contributed by atoms with Crippen molar-refractivity contribution in [2.45, 2.75) is 58.2 Å². The summed E-state index contributed by atoms with van der Waals surface area (Å²) in [5.74, 6) is 0.810. The molecule has 2 unspecified atom stereocenters. The average Bonchev–Trinajstić information content (AvgIpc) is 3.10. The van der Waals surface area contributed by atoms with E-state index in [2.05, 4.69) is 23.1 Å². The number of aryl methyl sites for hydroxylation is 1. The van der Waals surface area contributed by atoms with E-state index in [0.29, 0.717) is 17.7 Å². The summed E-state index contributed by atoms with van der Waals surface area (Å²) in [7, 11) is 0. The third-order valence-corrected chi connectivity index (χ3v) is 4.63. The number of likely N-dealkylation sites (tertiary alicyclic amines) is 1. The van der Waals surface area contributed by atoms with Gasteiger partial charge in [0.15, 0.2) is 0 Å². The molecule has 0 bridgehead atoms. The van der Waals surface area contributed by atoms with Crippen LogP contribution in [-0.4, -0.2) is 33.1 Å². The average molecular weight is 261 g/mol. The van der Waals surface area contributed by atoms with E-state index < -0.39 is 0 Å². The van der Waals surface area contributed by atoms with E-state index in [1.807, 2.05) is 10.9 Å². The van der Waals surface area contributed by atoms with Gasteiger partial charge in [-0.15, -0.1) is 0 Å². The van der Waals surface area contributed by atoms with E-state index in [1.165, 1.54) is 18.4 Å². The van der Waals surface area contributed by atoms with Gasteiger partial charge in [0.25, 0.3) is 0 Å². The number of Topliss-reactive ketones (excluding diaryl/α,β-unsaturated/α-hetero) is 1. The highest BCUT2D eigenvalue weighted by atomic mass is 16.1. The van der Waals surface area contributed by atoms with Crippen molar-refractivity contribution in [1.29, 1.82) is 0 Å². The van der Waals surface area contributed by atoms with Gasteiger partial charge in [-0.3, -0.25) is 14.4 Å². The molecule has 104 valence electrons. The second-order valence-electron chi connectivity index (χ2n) is 5.85. The van der Waals surface area contributed by atoms with Gasteiger partial charge in [-0.2, -0.15) is 5.10 Å². The maximum Gasteiger partial charge on any atom is 0.137 e. The Hall–Kier alpha value is -1.16. The van der Waals surface area contributed by atoms with E-state index in [9.17, 15) is 4.79 Å². The van der Waals surface area contributed by atoms with Crippen LogP contribution in [0.4, 0.5) is 0 Å². The van der Waals surface area contributed by atoms with E-state index in [-0.39, 0.29) is 0 Å². The molecular formula is C15H23N3O. The molecule has 1 aliphatic heterocycles. The van der Waals surface area contributed by atoms with Gasteiger partial charge in [-0.05, 0) is 39.2 Å². The summed E-state index contributed by atoms with van der Waals surface area (Å²) in [6, 6.07) is 0.486. The van der Waals surface area contributed by atoms with Crippen molar-refractivity contribution < 1.29 is 4.79 Å². The number of hydrogen-bond donors (Lipinski definition) is 0. The Balaban J connectivity index is 1.67. The zero-order valence-corrected chi connectivity index (χ0v) is 11.7. The summed E-state index contributed by atoms with van der Waals surface area (Å²) >= 11 is 0. The van der Waals surface area contributed by atoms with Crippen LogP contribution in [0.15, 0.2) is 12.4 Å². The molecule has 1 aromatic rings. The topological polar surface area (TPSA) is 38.1 Å². The lowest BCUT2D eigenvalue weighted by atomic mass is 9.95. The smallest absolute Gasteiger partial charge is 0.137 e. The Morgan fingerprint density at radius 2 is 2.26 bits per heavy atom. The summed E-state index contributed by atoms with van der Waals surface area (Å²) in [5.41, 5.74) is 1.28. The van der Waals surface area contributed by atoms with Crippen molar-refractivity contribution >= 4 is 5.78 Å². The van der Waals surface area contributed by atoms with Crippen molar-refractivity contribution in [1.82, 2.24) is 14.7 Å².